The van der Waals surface area contributed by atoms with Crippen LogP contribution in [-0.4, -0.2) is 27.6 Å². The summed E-state index contributed by atoms with van der Waals surface area (Å²) in [5.41, 5.74) is -0.286. The van der Waals surface area contributed by atoms with E-state index in [1.165, 1.54) is 11.3 Å². The van der Waals surface area contributed by atoms with Crippen LogP contribution in [0.25, 0.3) is 0 Å². The van der Waals surface area contributed by atoms with E-state index in [1.807, 2.05) is 26.2 Å². The zero-order valence-electron chi connectivity index (χ0n) is 11.8. The summed E-state index contributed by atoms with van der Waals surface area (Å²) in [4.78, 5) is 27.4. The second-order valence-corrected chi connectivity index (χ2v) is 6.97. The standard InChI is InChI=1S/C13H19N3O3S/c1-12(2,3)8-7-20-11(14-8)15-10(19)16-13(9(17)18)5-4-6-13/h7H,4-6H2,1-3H3,(H,17,18)(H2,14,15,16,19). The molecule has 1 aromatic rings. The zero-order valence-corrected chi connectivity index (χ0v) is 12.6. The second kappa shape index (κ2) is 5.05. The number of carboxylic acid groups (broad SMARTS) is 1. The first-order valence-corrected chi connectivity index (χ1v) is 7.39. The van der Waals surface area contributed by atoms with Crippen LogP contribution in [0.15, 0.2) is 5.38 Å². The van der Waals surface area contributed by atoms with E-state index in [4.69, 9.17) is 5.11 Å². The van der Waals surface area contributed by atoms with Crippen molar-refractivity contribution in [2.75, 3.05) is 5.32 Å². The highest BCUT2D eigenvalue weighted by molar-refractivity contribution is 7.13. The van der Waals surface area contributed by atoms with Crippen LogP contribution in [0.1, 0.15) is 45.7 Å². The minimum Gasteiger partial charge on any atom is -0.480 e. The number of nitrogens with one attached hydrogen (secondary N) is 2. The van der Waals surface area contributed by atoms with Gasteiger partial charge in [0.2, 0.25) is 0 Å². The fraction of sp³-hybridized carbons (Fsp3) is 0.615. The molecule has 1 saturated carbocycles. The van der Waals surface area contributed by atoms with Crippen LogP contribution in [0.5, 0.6) is 0 Å². The average Bonchev–Trinajstić information content (AvgIpc) is 2.70. The maximum atomic E-state index is 11.9. The van der Waals surface area contributed by atoms with Gasteiger partial charge in [-0.25, -0.2) is 14.6 Å². The highest BCUT2D eigenvalue weighted by Gasteiger charge is 2.45. The number of amides is 2. The smallest absolute Gasteiger partial charge is 0.329 e. The molecule has 7 heteroatoms. The monoisotopic (exact) mass is 297 g/mol. The summed E-state index contributed by atoms with van der Waals surface area (Å²) >= 11 is 1.33. The van der Waals surface area contributed by atoms with Gasteiger partial charge in [0.15, 0.2) is 5.13 Å². The third-order valence-electron chi connectivity index (χ3n) is 3.46. The highest BCUT2D eigenvalue weighted by Crippen LogP contribution is 2.32. The van der Waals surface area contributed by atoms with E-state index in [-0.39, 0.29) is 5.41 Å². The number of anilines is 1. The molecule has 0 saturated heterocycles. The molecule has 3 N–H and O–H groups in total. The van der Waals surface area contributed by atoms with E-state index in [1.54, 1.807) is 0 Å². The molecule has 2 rings (SSSR count). The number of thiazole rings is 1. The molecule has 1 fully saturated rings. The van der Waals surface area contributed by atoms with Crippen molar-refractivity contribution in [1.82, 2.24) is 10.3 Å². The topological polar surface area (TPSA) is 91.3 Å². The molecular weight excluding hydrogens is 278 g/mol. The van der Waals surface area contributed by atoms with Gasteiger partial charge in [0, 0.05) is 10.8 Å². The number of hydrogen-bond donors (Lipinski definition) is 3. The molecule has 1 aromatic heterocycles. The van der Waals surface area contributed by atoms with Crippen molar-refractivity contribution < 1.29 is 14.7 Å². The maximum absolute atomic E-state index is 11.9. The lowest BCUT2D eigenvalue weighted by molar-refractivity contribution is -0.148. The Labute approximate surface area is 121 Å². The Bertz CT molecular complexity index is 529. The molecule has 0 spiro atoms. The first-order chi connectivity index (χ1) is 9.23. The van der Waals surface area contributed by atoms with E-state index >= 15 is 0 Å². The number of urea groups is 1. The van der Waals surface area contributed by atoms with Crippen molar-refractivity contribution in [2.24, 2.45) is 0 Å². The lowest BCUT2D eigenvalue weighted by Gasteiger charge is -2.37. The number of aromatic nitrogens is 1. The van der Waals surface area contributed by atoms with Crippen LogP contribution in [-0.2, 0) is 10.2 Å². The van der Waals surface area contributed by atoms with Gasteiger partial charge in [0.05, 0.1) is 5.69 Å². The number of rotatable bonds is 3. The highest BCUT2D eigenvalue weighted by atomic mass is 32.1. The summed E-state index contributed by atoms with van der Waals surface area (Å²) in [6, 6.07) is -0.512. The van der Waals surface area contributed by atoms with Crippen LogP contribution in [0.2, 0.25) is 0 Å². The number of aliphatic carboxylic acids is 1. The minimum atomic E-state index is -1.10. The fourth-order valence-electron chi connectivity index (χ4n) is 1.94. The molecule has 0 atom stereocenters. The molecule has 110 valence electrons. The van der Waals surface area contributed by atoms with Gasteiger partial charge in [-0.2, -0.15) is 0 Å². The summed E-state index contributed by atoms with van der Waals surface area (Å²) < 4.78 is 0. The Kier molecular flexibility index (Phi) is 3.73. The van der Waals surface area contributed by atoms with E-state index in [0.29, 0.717) is 18.0 Å². The molecule has 1 aliphatic carbocycles. The number of carboxylic acids is 1. The Morgan fingerprint density at radius 1 is 1.40 bits per heavy atom. The van der Waals surface area contributed by atoms with E-state index in [9.17, 15) is 9.59 Å². The summed E-state index contributed by atoms with van der Waals surface area (Å²) in [5, 5.41) is 16.7. The first-order valence-electron chi connectivity index (χ1n) is 6.51. The van der Waals surface area contributed by atoms with Crippen LogP contribution in [0.3, 0.4) is 0 Å². The second-order valence-electron chi connectivity index (χ2n) is 6.11. The Hall–Kier alpha value is -1.63. The molecule has 0 unspecified atom stereocenters. The Balaban J connectivity index is 1.98. The maximum Gasteiger partial charge on any atom is 0.329 e. The summed E-state index contributed by atoms with van der Waals surface area (Å²) in [6.07, 6.45) is 1.76. The predicted octanol–water partition coefficient (Wildman–Crippen LogP) is 2.57. The normalized spacial score (nSPS) is 17.1. The number of carbonyl (C=O) groups is 2. The molecule has 20 heavy (non-hydrogen) atoms. The first kappa shape index (κ1) is 14.8. The predicted molar refractivity (Wildman–Crippen MR) is 77.2 cm³/mol. The van der Waals surface area contributed by atoms with Crippen molar-refractivity contribution in [3.63, 3.8) is 0 Å². The molecule has 0 bridgehead atoms. The van der Waals surface area contributed by atoms with Gasteiger partial charge in [-0.3, -0.25) is 5.32 Å². The third-order valence-corrected chi connectivity index (χ3v) is 4.22. The molecule has 0 radical (unpaired) electrons. The van der Waals surface area contributed by atoms with Crippen molar-refractivity contribution in [1.29, 1.82) is 0 Å². The van der Waals surface area contributed by atoms with Crippen molar-refractivity contribution in [3.8, 4) is 0 Å². The van der Waals surface area contributed by atoms with Gasteiger partial charge in [0.1, 0.15) is 5.54 Å². The molecule has 1 aliphatic rings. The van der Waals surface area contributed by atoms with Gasteiger partial charge in [-0.15, -0.1) is 11.3 Å². The van der Waals surface area contributed by atoms with Gasteiger partial charge in [-0.1, -0.05) is 20.8 Å². The number of nitrogens with zero attached hydrogens (tertiary/aromatic N) is 1. The zero-order chi connectivity index (χ0) is 15.0. The van der Waals surface area contributed by atoms with Crippen LogP contribution in [0, 0.1) is 0 Å². The SMILES string of the molecule is CC(C)(C)c1csc(NC(=O)NC2(C(=O)O)CCC2)n1. The summed E-state index contributed by atoms with van der Waals surface area (Å²) in [6.45, 7) is 6.12. The fourth-order valence-corrected chi connectivity index (χ4v) is 2.88. The van der Waals surface area contributed by atoms with E-state index in [0.717, 1.165) is 12.1 Å². The molecule has 0 aromatic carbocycles. The van der Waals surface area contributed by atoms with Crippen molar-refractivity contribution >= 4 is 28.5 Å². The Morgan fingerprint density at radius 2 is 2.05 bits per heavy atom. The molecule has 0 aliphatic heterocycles. The number of hydrogen-bond acceptors (Lipinski definition) is 4. The molecular formula is C13H19N3O3S. The lowest BCUT2D eigenvalue weighted by atomic mass is 9.77. The van der Waals surface area contributed by atoms with Gasteiger partial charge in [0.25, 0.3) is 0 Å². The largest absolute Gasteiger partial charge is 0.480 e. The lowest BCUT2D eigenvalue weighted by Crippen LogP contribution is -2.60. The van der Waals surface area contributed by atoms with Crippen molar-refractivity contribution in [3.05, 3.63) is 11.1 Å². The summed E-state index contributed by atoms with van der Waals surface area (Å²) in [7, 11) is 0. The van der Waals surface area contributed by atoms with Crippen molar-refractivity contribution in [2.45, 2.75) is 51.0 Å². The summed E-state index contributed by atoms with van der Waals surface area (Å²) in [5.74, 6) is -0.978. The number of carbonyl (C=O) groups excluding carboxylic acids is 1. The Morgan fingerprint density at radius 3 is 2.45 bits per heavy atom. The quantitative estimate of drug-likeness (QED) is 0.799. The molecule has 1 heterocycles. The third kappa shape index (κ3) is 2.92. The van der Waals surface area contributed by atoms with Gasteiger partial charge >= 0.3 is 12.0 Å². The van der Waals surface area contributed by atoms with Crippen LogP contribution >= 0.6 is 11.3 Å². The van der Waals surface area contributed by atoms with Gasteiger partial charge < -0.3 is 10.4 Å². The van der Waals surface area contributed by atoms with Gasteiger partial charge in [-0.05, 0) is 19.3 Å². The van der Waals surface area contributed by atoms with Crippen LogP contribution < -0.4 is 10.6 Å². The van der Waals surface area contributed by atoms with E-state index < -0.39 is 17.5 Å². The van der Waals surface area contributed by atoms with Crippen LogP contribution in [0.4, 0.5) is 9.93 Å². The van der Waals surface area contributed by atoms with E-state index in [2.05, 4.69) is 15.6 Å². The molecule has 6 nitrogen and oxygen atoms in total. The average molecular weight is 297 g/mol. The minimum absolute atomic E-state index is 0.0802. The molecule has 2 amide bonds.